The molecule has 2 aliphatic heterocycles. The van der Waals surface area contributed by atoms with E-state index in [9.17, 15) is 0 Å². The number of benzene rings is 2. The van der Waals surface area contributed by atoms with Crippen LogP contribution in [-0.2, 0) is 0 Å². The second-order valence-corrected chi connectivity index (χ2v) is 6.76. The third kappa shape index (κ3) is 3.46. The van der Waals surface area contributed by atoms with Crippen molar-refractivity contribution in [3.63, 3.8) is 0 Å². The molecule has 2 fully saturated rings. The molecular formula is C19H20ClNO2. The summed E-state index contributed by atoms with van der Waals surface area (Å²) in [4.78, 5) is 0. The van der Waals surface area contributed by atoms with Crippen molar-refractivity contribution < 1.29 is 9.47 Å². The van der Waals surface area contributed by atoms with Crippen molar-refractivity contribution in [2.45, 2.75) is 43.9 Å². The molecule has 3 atom stereocenters. The number of halogens is 1. The summed E-state index contributed by atoms with van der Waals surface area (Å²) in [5, 5.41) is 4.22. The minimum absolute atomic E-state index is 0.277. The third-order valence-electron chi connectivity index (χ3n) is 4.61. The predicted octanol–water partition coefficient (Wildman–Crippen LogP) is 4.79. The maximum absolute atomic E-state index is 6.25. The number of hydrogen-bond donors (Lipinski definition) is 1. The molecule has 0 aliphatic carbocycles. The van der Waals surface area contributed by atoms with Gasteiger partial charge in [-0.25, -0.2) is 0 Å². The fourth-order valence-electron chi connectivity index (χ4n) is 3.54. The van der Waals surface area contributed by atoms with Crippen LogP contribution in [0.3, 0.4) is 0 Å². The number of ether oxygens (including phenoxy) is 2. The highest BCUT2D eigenvalue weighted by molar-refractivity contribution is 6.32. The largest absolute Gasteiger partial charge is 0.490 e. The Morgan fingerprint density at radius 2 is 1.65 bits per heavy atom. The summed E-state index contributed by atoms with van der Waals surface area (Å²) in [6.07, 6.45) is 4.97. The second kappa shape index (κ2) is 6.42. The van der Waals surface area contributed by atoms with E-state index in [1.54, 1.807) is 0 Å². The van der Waals surface area contributed by atoms with E-state index in [1.807, 2.05) is 48.5 Å². The Bertz CT molecular complexity index is 664. The van der Waals surface area contributed by atoms with Crippen LogP contribution < -0.4 is 14.8 Å². The van der Waals surface area contributed by atoms with Crippen molar-refractivity contribution in [1.29, 1.82) is 0 Å². The molecule has 2 bridgehead atoms. The first-order valence-corrected chi connectivity index (χ1v) is 8.59. The zero-order valence-corrected chi connectivity index (χ0v) is 13.6. The van der Waals surface area contributed by atoms with Crippen LogP contribution >= 0.6 is 11.6 Å². The lowest BCUT2D eigenvalue weighted by molar-refractivity contribution is 0.137. The van der Waals surface area contributed by atoms with Crippen molar-refractivity contribution in [2.75, 3.05) is 0 Å². The summed E-state index contributed by atoms with van der Waals surface area (Å²) in [5.74, 6) is 2.23. The van der Waals surface area contributed by atoms with Crippen LogP contribution in [0.15, 0.2) is 48.5 Å². The van der Waals surface area contributed by atoms with E-state index < -0.39 is 0 Å². The molecule has 0 unspecified atom stereocenters. The van der Waals surface area contributed by atoms with Crippen molar-refractivity contribution in [2.24, 2.45) is 0 Å². The second-order valence-electron chi connectivity index (χ2n) is 6.36. The first kappa shape index (κ1) is 14.9. The highest BCUT2D eigenvalue weighted by Crippen LogP contribution is 2.35. The summed E-state index contributed by atoms with van der Waals surface area (Å²) in [6, 6.07) is 16.5. The summed E-state index contributed by atoms with van der Waals surface area (Å²) in [7, 11) is 0. The number of rotatable bonds is 4. The average molecular weight is 330 g/mol. The van der Waals surface area contributed by atoms with Gasteiger partial charge in [-0.3, -0.25) is 0 Å². The fourth-order valence-corrected chi connectivity index (χ4v) is 3.70. The summed E-state index contributed by atoms with van der Waals surface area (Å²) < 4.78 is 12.1. The number of piperidine rings is 1. The van der Waals surface area contributed by atoms with Crippen molar-refractivity contribution in [3.05, 3.63) is 53.6 Å². The predicted molar refractivity (Wildman–Crippen MR) is 91.6 cm³/mol. The van der Waals surface area contributed by atoms with E-state index in [0.29, 0.717) is 22.9 Å². The molecule has 0 radical (unpaired) electrons. The van der Waals surface area contributed by atoms with Crippen molar-refractivity contribution in [3.8, 4) is 17.2 Å². The molecule has 0 amide bonds. The first-order valence-electron chi connectivity index (χ1n) is 8.21. The van der Waals surface area contributed by atoms with Crippen LogP contribution in [0.5, 0.6) is 17.2 Å². The van der Waals surface area contributed by atoms with E-state index >= 15 is 0 Å². The van der Waals surface area contributed by atoms with Gasteiger partial charge in [0.05, 0.1) is 5.02 Å². The minimum atomic E-state index is 0.277. The Kier molecular flexibility index (Phi) is 4.15. The number of nitrogens with one attached hydrogen (secondary N) is 1. The molecule has 2 aromatic carbocycles. The van der Waals surface area contributed by atoms with Crippen LogP contribution in [0, 0.1) is 0 Å². The van der Waals surface area contributed by atoms with Crippen LogP contribution in [0.4, 0.5) is 0 Å². The van der Waals surface area contributed by atoms with E-state index in [0.717, 1.165) is 24.3 Å². The number of hydrogen-bond acceptors (Lipinski definition) is 3. The van der Waals surface area contributed by atoms with Gasteiger partial charge in [-0.15, -0.1) is 0 Å². The monoisotopic (exact) mass is 329 g/mol. The van der Waals surface area contributed by atoms with Crippen LogP contribution in [-0.4, -0.2) is 18.2 Å². The van der Waals surface area contributed by atoms with Gasteiger partial charge in [0.15, 0.2) is 0 Å². The van der Waals surface area contributed by atoms with E-state index in [-0.39, 0.29) is 6.10 Å². The van der Waals surface area contributed by atoms with E-state index in [4.69, 9.17) is 21.1 Å². The first-order chi connectivity index (χ1) is 11.3. The molecule has 4 rings (SSSR count). The van der Waals surface area contributed by atoms with E-state index in [1.165, 1.54) is 12.8 Å². The van der Waals surface area contributed by atoms with Gasteiger partial charge in [0.2, 0.25) is 0 Å². The lowest BCUT2D eigenvalue weighted by Crippen LogP contribution is -2.42. The van der Waals surface area contributed by atoms with Gasteiger partial charge in [0.1, 0.15) is 23.4 Å². The lowest BCUT2D eigenvalue weighted by atomic mass is 10.0. The summed E-state index contributed by atoms with van der Waals surface area (Å²) in [6.45, 7) is 0. The average Bonchev–Trinajstić information content (AvgIpc) is 2.90. The Morgan fingerprint density at radius 1 is 0.913 bits per heavy atom. The molecule has 23 heavy (non-hydrogen) atoms. The molecule has 1 N–H and O–H groups in total. The molecule has 2 saturated heterocycles. The van der Waals surface area contributed by atoms with Gasteiger partial charge in [-0.2, -0.15) is 0 Å². The third-order valence-corrected chi connectivity index (χ3v) is 4.92. The number of fused-ring (bicyclic) bond motifs is 2. The molecular weight excluding hydrogens is 310 g/mol. The Balaban J connectivity index is 1.48. The maximum Gasteiger partial charge on any atom is 0.149 e. The summed E-state index contributed by atoms with van der Waals surface area (Å²) in [5.41, 5.74) is 0. The smallest absolute Gasteiger partial charge is 0.149 e. The Hall–Kier alpha value is -1.71. The molecule has 2 aliphatic rings. The van der Waals surface area contributed by atoms with Crippen LogP contribution in [0.2, 0.25) is 5.02 Å². The van der Waals surface area contributed by atoms with Crippen molar-refractivity contribution >= 4 is 11.6 Å². The van der Waals surface area contributed by atoms with Gasteiger partial charge in [-0.05, 0) is 49.9 Å². The lowest BCUT2D eigenvalue weighted by Gasteiger charge is -2.29. The topological polar surface area (TPSA) is 30.5 Å². The van der Waals surface area contributed by atoms with Gasteiger partial charge >= 0.3 is 0 Å². The number of para-hydroxylation sites is 1. The van der Waals surface area contributed by atoms with E-state index in [2.05, 4.69) is 5.32 Å². The molecule has 3 nitrogen and oxygen atoms in total. The van der Waals surface area contributed by atoms with Gasteiger partial charge < -0.3 is 14.8 Å². The summed E-state index contributed by atoms with van der Waals surface area (Å²) >= 11 is 6.25. The van der Waals surface area contributed by atoms with Gasteiger partial charge in [-0.1, -0.05) is 29.8 Å². The molecule has 0 spiro atoms. The maximum atomic E-state index is 6.25. The SMILES string of the molecule is Clc1ccc(O[C@@H]2C[C@H]3CC[C@@H](C2)N3)cc1Oc1ccccc1. The van der Waals surface area contributed by atoms with Crippen LogP contribution in [0.25, 0.3) is 0 Å². The molecule has 2 heterocycles. The quantitative estimate of drug-likeness (QED) is 0.874. The zero-order chi connectivity index (χ0) is 15.6. The zero-order valence-electron chi connectivity index (χ0n) is 12.9. The minimum Gasteiger partial charge on any atom is -0.490 e. The van der Waals surface area contributed by atoms with Gasteiger partial charge in [0, 0.05) is 18.2 Å². The standard InChI is InChI=1S/C19H20ClNO2/c20-18-9-8-16(12-19(18)23-15-4-2-1-3-5-15)22-17-10-13-6-7-14(11-17)21-13/h1-5,8-9,12-14,17,21H,6-7,10-11H2/t13-,14+,17-. The molecule has 2 aromatic rings. The highest BCUT2D eigenvalue weighted by atomic mass is 35.5. The Morgan fingerprint density at radius 3 is 2.39 bits per heavy atom. The molecule has 0 saturated carbocycles. The normalized spacial score (nSPS) is 26.0. The molecule has 0 aromatic heterocycles. The van der Waals surface area contributed by atoms with Gasteiger partial charge in [0.25, 0.3) is 0 Å². The van der Waals surface area contributed by atoms with Crippen molar-refractivity contribution in [1.82, 2.24) is 5.32 Å². The molecule has 120 valence electrons. The Labute approximate surface area is 141 Å². The molecule has 4 heteroatoms. The highest BCUT2D eigenvalue weighted by Gasteiger charge is 2.34. The fraction of sp³-hybridized carbons (Fsp3) is 0.368. The van der Waals surface area contributed by atoms with Crippen LogP contribution in [0.1, 0.15) is 25.7 Å².